The SMILES string of the molecule is C(=C\c1ccccc1)/Cn1c(CCCN2CCCC2)nc2ccccc21. The Morgan fingerprint density at radius 1 is 0.923 bits per heavy atom. The third-order valence-corrected chi connectivity index (χ3v) is 5.20. The van der Waals surface area contributed by atoms with Crippen LogP contribution in [0, 0.1) is 0 Å². The molecule has 1 fully saturated rings. The third kappa shape index (κ3) is 4.05. The van der Waals surface area contributed by atoms with Crippen molar-refractivity contribution in [1.82, 2.24) is 14.5 Å². The molecule has 0 radical (unpaired) electrons. The maximum Gasteiger partial charge on any atom is 0.110 e. The molecule has 0 amide bonds. The number of imidazole rings is 1. The molecule has 26 heavy (non-hydrogen) atoms. The Kier molecular flexibility index (Phi) is 5.46. The molecule has 0 unspecified atom stereocenters. The number of para-hydroxylation sites is 2. The van der Waals surface area contributed by atoms with E-state index >= 15 is 0 Å². The number of aryl methyl sites for hydroxylation is 1. The molecule has 0 bridgehead atoms. The van der Waals surface area contributed by atoms with Gasteiger partial charge in [-0.1, -0.05) is 54.6 Å². The number of hydrogen-bond acceptors (Lipinski definition) is 2. The van der Waals surface area contributed by atoms with Gasteiger partial charge in [-0.05, 0) is 56.6 Å². The van der Waals surface area contributed by atoms with Crippen molar-refractivity contribution in [3.63, 3.8) is 0 Å². The molecule has 1 saturated heterocycles. The first-order valence-corrected chi connectivity index (χ1v) is 9.78. The summed E-state index contributed by atoms with van der Waals surface area (Å²) in [5.41, 5.74) is 3.59. The Labute approximate surface area is 156 Å². The summed E-state index contributed by atoms with van der Waals surface area (Å²) in [5.74, 6) is 1.21. The summed E-state index contributed by atoms with van der Waals surface area (Å²) < 4.78 is 2.37. The van der Waals surface area contributed by atoms with E-state index in [-0.39, 0.29) is 0 Å². The summed E-state index contributed by atoms with van der Waals surface area (Å²) in [7, 11) is 0. The van der Waals surface area contributed by atoms with Crippen LogP contribution < -0.4 is 0 Å². The maximum atomic E-state index is 4.91. The van der Waals surface area contributed by atoms with Gasteiger partial charge in [-0.2, -0.15) is 0 Å². The molecule has 1 aliphatic rings. The molecule has 3 aromatic rings. The van der Waals surface area contributed by atoms with Crippen LogP contribution >= 0.6 is 0 Å². The molecule has 3 nitrogen and oxygen atoms in total. The smallest absolute Gasteiger partial charge is 0.110 e. The fraction of sp³-hybridized carbons (Fsp3) is 0.348. The van der Waals surface area contributed by atoms with Crippen LogP contribution in [-0.4, -0.2) is 34.1 Å². The topological polar surface area (TPSA) is 21.1 Å². The minimum Gasteiger partial charge on any atom is -0.324 e. The maximum absolute atomic E-state index is 4.91. The molecule has 0 saturated carbocycles. The lowest BCUT2D eigenvalue weighted by atomic mass is 10.2. The van der Waals surface area contributed by atoms with Gasteiger partial charge in [0.15, 0.2) is 0 Å². The number of aromatic nitrogens is 2. The number of hydrogen-bond donors (Lipinski definition) is 0. The highest BCUT2D eigenvalue weighted by atomic mass is 15.1. The van der Waals surface area contributed by atoms with Crippen LogP contribution in [0.3, 0.4) is 0 Å². The first-order chi connectivity index (χ1) is 12.9. The Bertz CT molecular complexity index is 858. The van der Waals surface area contributed by atoms with Gasteiger partial charge in [-0.3, -0.25) is 0 Å². The zero-order chi connectivity index (χ0) is 17.6. The van der Waals surface area contributed by atoms with Gasteiger partial charge in [-0.25, -0.2) is 4.98 Å². The fourth-order valence-electron chi connectivity index (χ4n) is 3.85. The van der Waals surface area contributed by atoms with Gasteiger partial charge < -0.3 is 9.47 Å². The van der Waals surface area contributed by atoms with E-state index < -0.39 is 0 Å². The van der Waals surface area contributed by atoms with Gasteiger partial charge >= 0.3 is 0 Å². The van der Waals surface area contributed by atoms with Gasteiger partial charge in [0.2, 0.25) is 0 Å². The van der Waals surface area contributed by atoms with E-state index in [9.17, 15) is 0 Å². The van der Waals surface area contributed by atoms with Crippen molar-refractivity contribution >= 4 is 17.1 Å². The predicted molar refractivity (Wildman–Crippen MR) is 109 cm³/mol. The average molecular weight is 345 g/mol. The third-order valence-electron chi connectivity index (χ3n) is 5.20. The molecule has 2 heterocycles. The van der Waals surface area contributed by atoms with E-state index in [2.05, 4.69) is 76.2 Å². The number of rotatable bonds is 7. The van der Waals surface area contributed by atoms with Crippen LogP contribution in [0.5, 0.6) is 0 Å². The quantitative estimate of drug-likeness (QED) is 0.614. The minimum atomic E-state index is 0.869. The molecule has 0 atom stereocenters. The number of likely N-dealkylation sites (tertiary alicyclic amines) is 1. The Morgan fingerprint density at radius 2 is 1.69 bits per heavy atom. The van der Waals surface area contributed by atoms with Gasteiger partial charge in [0, 0.05) is 13.0 Å². The Balaban J connectivity index is 1.48. The monoisotopic (exact) mass is 345 g/mol. The van der Waals surface area contributed by atoms with Crippen molar-refractivity contribution in [2.24, 2.45) is 0 Å². The molecule has 3 heteroatoms. The lowest BCUT2D eigenvalue weighted by Gasteiger charge is -2.14. The molecule has 0 aliphatic carbocycles. The van der Waals surface area contributed by atoms with Crippen molar-refractivity contribution in [1.29, 1.82) is 0 Å². The summed E-state index contributed by atoms with van der Waals surface area (Å²) >= 11 is 0. The Hall–Kier alpha value is -2.39. The fourth-order valence-corrected chi connectivity index (χ4v) is 3.85. The zero-order valence-electron chi connectivity index (χ0n) is 15.3. The van der Waals surface area contributed by atoms with E-state index in [1.165, 1.54) is 55.8 Å². The van der Waals surface area contributed by atoms with Crippen LogP contribution in [-0.2, 0) is 13.0 Å². The lowest BCUT2D eigenvalue weighted by Crippen LogP contribution is -2.21. The van der Waals surface area contributed by atoms with Crippen LogP contribution in [0.4, 0.5) is 0 Å². The van der Waals surface area contributed by atoms with Crippen molar-refractivity contribution < 1.29 is 0 Å². The van der Waals surface area contributed by atoms with Crippen molar-refractivity contribution in [2.75, 3.05) is 19.6 Å². The van der Waals surface area contributed by atoms with Gasteiger partial charge in [0.25, 0.3) is 0 Å². The zero-order valence-corrected chi connectivity index (χ0v) is 15.3. The van der Waals surface area contributed by atoms with Crippen LogP contribution in [0.1, 0.15) is 30.7 Å². The van der Waals surface area contributed by atoms with E-state index in [0.717, 1.165) is 18.5 Å². The summed E-state index contributed by atoms with van der Waals surface area (Å²) in [6.45, 7) is 4.62. The second-order valence-electron chi connectivity index (χ2n) is 7.09. The summed E-state index contributed by atoms with van der Waals surface area (Å²) in [6, 6.07) is 19.0. The van der Waals surface area contributed by atoms with Crippen LogP contribution in [0.25, 0.3) is 17.1 Å². The molecular weight excluding hydrogens is 318 g/mol. The second-order valence-corrected chi connectivity index (χ2v) is 7.09. The average Bonchev–Trinajstić information content (AvgIpc) is 3.31. The highest BCUT2D eigenvalue weighted by molar-refractivity contribution is 5.76. The molecule has 0 N–H and O–H groups in total. The highest BCUT2D eigenvalue weighted by Gasteiger charge is 2.13. The Morgan fingerprint density at radius 3 is 2.54 bits per heavy atom. The molecule has 2 aromatic carbocycles. The summed E-state index contributed by atoms with van der Waals surface area (Å²) in [5, 5.41) is 0. The van der Waals surface area contributed by atoms with Crippen LogP contribution in [0.2, 0.25) is 0 Å². The molecule has 4 rings (SSSR count). The first kappa shape index (κ1) is 17.0. The van der Waals surface area contributed by atoms with E-state index in [4.69, 9.17) is 4.98 Å². The number of fused-ring (bicyclic) bond motifs is 1. The molecule has 134 valence electrons. The molecule has 0 spiro atoms. The molecule has 1 aromatic heterocycles. The first-order valence-electron chi connectivity index (χ1n) is 9.78. The van der Waals surface area contributed by atoms with Crippen LogP contribution in [0.15, 0.2) is 60.7 Å². The standard InChI is InChI=1S/C23H27N3/c1-2-10-20(11-3-1)12-8-19-26-22-14-5-4-13-21(22)24-23(26)15-9-18-25-16-6-7-17-25/h1-5,8,10-14H,6-7,9,15-19H2/b12-8+. The number of nitrogens with zero attached hydrogens (tertiary/aromatic N) is 3. The predicted octanol–water partition coefficient (Wildman–Crippen LogP) is 4.78. The van der Waals surface area contributed by atoms with Gasteiger partial charge in [-0.15, -0.1) is 0 Å². The lowest BCUT2D eigenvalue weighted by molar-refractivity contribution is 0.332. The normalized spacial score (nSPS) is 15.4. The number of benzene rings is 2. The van der Waals surface area contributed by atoms with Crippen molar-refractivity contribution in [3.8, 4) is 0 Å². The highest BCUT2D eigenvalue weighted by Crippen LogP contribution is 2.18. The second kappa shape index (κ2) is 8.33. The van der Waals surface area contributed by atoms with E-state index in [1.54, 1.807) is 0 Å². The van der Waals surface area contributed by atoms with E-state index in [1.807, 2.05) is 0 Å². The minimum absolute atomic E-state index is 0.869. The number of allylic oxidation sites excluding steroid dienone is 1. The van der Waals surface area contributed by atoms with Crippen molar-refractivity contribution in [3.05, 3.63) is 72.1 Å². The van der Waals surface area contributed by atoms with Crippen molar-refractivity contribution in [2.45, 2.75) is 32.2 Å². The van der Waals surface area contributed by atoms with Gasteiger partial charge in [0.1, 0.15) is 5.82 Å². The van der Waals surface area contributed by atoms with E-state index in [0.29, 0.717) is 0 Å². The molecular formula is C23H27N3. The van der Waals surface area contributed by atoms with Gasteiger partial charge in [0.05, 0.1) is 11.0 Å². The molecule has 1 aliphatic heterocycles. The summed E-state index contributed by atoms with van der Waals surface area (Å²) in [6.07, 6.45) is 9.40. The summed E-state index contributed by atoms with van der Waals surface area (Å²) in [4.78, 5) is 7.50. The largest absolute Gasteiger partial charge is 0.324 e.